The maximum atomic E-state index is 11.7. The summed E-state index contributed by atoms with van der Waals surface area (Å²) in [7, 11) is 0. The number of carbonyl (C=O) groups is 1. The summed E-state index contributed by atoms with van der Waals surface area (Å²) >= 11 is 0. The van der Waals surface area contributed by atoms with Crippen LogP contribution in [0.5, 0.6) is 0 Å². The number of likely N-dealkylation sites (tertiary alicyclic amines) is 1. The summed E-state index contributed by atoms with van der Waals surface area (Å²) in [6, 6.07) is 2.26. The van der Waals surface area contributed by atoms with Crippen LogP contribution in [0.15, 0.2) is 0 Å². The van der Waals surface area contributed by atoms with E-state index in [1.165, 1.54) is 0 Å². The van der Waals surface area contributed by atoms with Gasteiger partial charge in [-0.1, -0.05) is 6.92 Å². The van der Waals surface area contributed by atoms with Crippen molar-refractivity contribution >= 4 is 5.97 Å². The molecule has 0 aliphatic carbocycles. The molecule has 0 aromatic heterocycles. The van der Waals surface area contributed by atoms with E-state index in [0.29, 0.717) is 13.0 Å². The first-order valence-corrected chi connectivity index (χ1v) is 6.03. The molecule has 0 saturated carbocycles. The molecule has 0 aromatic rings. The molecule has 0 bridgehead atoms. The number of hydrogen-bond donors (Lipinski definition) is 0. The summed E-state index contributed by atoms with van der Waals surface area (Å²) in [6.45, 7) is 5.22. The monoisotopic (exact) mass is 224 g/mol. The highest BCUT2D eigenvalue weighted by atomic mass is 16.5. The van der Waals surface area contributed by atoms with E-state index in [1.54, 1.807) is 0 Å². The molecule has 1 fully saturated rings. The van der Waals surface area contributed by atoms with Gasteiger partial charge in [-0.3, -0.25) is 9.69 Å². The number of nitrogens with zero attached hydrogens (tertiary/aromatic N) is 2. The highest BCUT2D eigenvalue weighted by Crippen LogP contribution is 2.24. The summed E-state index contributed by atoms with van der Waals surface area (Å²) < 4.78 is 5.07. The zero-order valence-electron chi connectivity index (χ0n) is 10.1. The average molecular weight is 224 g/mol. The summed E-state index contributed by atoms with van der Waals surface area (Å²) in [5.41, 5.74) is 0. The lowest BCUT2D eigenvalue weighted by molar-refractivity contribution is -0.149. The smallest absolute Gasteiger partial charge is 0.323 e. The highest BCUT2D eigenvalue weighted by molar-refractivity contribution is 5.76. The molecule has 1 aliphatic heterocycles. The fraction of sp³-hybridized carbons (Fsp3) is 0.833. The predicted octanol–water partition coefficient (Wildman–Crippen LogP) is 1.71. The van der Waals surface area contributed by atoms with Gasteiger partial charge in [0.1, 0.15) is 6.04 Å². The van der Waals surface area contributed by atoms with Gasteiger partial charge in [-0.25, -0.2) is 0 Å². The van der Waals surface area contributed by atoms with Crippen molar-refractivity contribution in [1.29, 1.82) is 5.26 Å². The van der Waals surface area contributed by atoms with Gasteiger partial charge in [0.25, 0.3) is 0 Å². The Bertz CT molecular complexity index is 273. The van der Waals surface area contributed by atoms with Crippen molar-refractivity contribution in [2.75, 3.05) is 13.2 Å². The van der Waals surface area contributed by atoms with Crippen LogP contribution < -0.4 is 0 Å². The van der Waals surface area contributed by atoms with Crippen LogP contribution >= 0.6 is 0 Å². The van der Waals surface area contributed by atoms with Crippen LogP contribution in [0.3, 0.4) is 0 Å². The van der Waals surface area contributed by atoms with Crippen molar-refractivity contribution in [3.63, 3.8) is 0 Å². The van der Waals surface area contributed by atoms with Crippen molar-refractivity contribution < 1.29 is 9.53 Å². The third kappa shape index (κ3) is 2.96. The number of nitriles is 1. The molecule has 4 nitrogen and oxygen atoms in total. The molecule has 16 heavy (non-hydrogen) atoms. The Hall–Kier alpha value is -1.08. The molecule has 0 spiro atoms. The normalized spacial score (nSPS) is 22.7. The Morgan fingerprint density at radius 2 is 2.38 bits per heavy atom. The second-order valence-corrected chi connectivity index (χ2v) is 4.07. The Morgan fingerprint density at radius 1 is 1.62 bits per heavy atom. The van der Waals surface area contributed by atoms with Gasteiger partial charge in [0.05, 0.1) is 19.1 Å². The van der Waals surface area contributed by atoms with Gasteiger partial charge < -0.3 is 4.74 Å². The maximum Gasteiger partial charge on any atom is 0.323 e. The number of rotatable bonds is 5. The van der Waals surface area contributed by atoms with Crippen LogP contribution in [0.2, 0.25) is 0 Å². The fourth-order valence-electron chi connectivity index (χ4n) is 2.32. The molecule has 1 aliphatic rings. The van der Waals surface area contributed by atoms with Gasteiger partial charge in [0, 0.05) is 6.04 Å². The zero-order valence-corrected chi connectivity index (χ0v) is 10.1. The van der Waals surface area contributed by atoms with Crippen molar-refractivity contribution in [2.45, 2.75) is 51.6 Å². The van der Waals surface area contributed by atoms with Gasteiger partial charge in [-0.2, -0.15) is 5.26 Å². The minimum Gasteiger partial charge on any atom is -0.465 e. The van der Waals surface area contributed by atoms with Crippen molar-refractivity contribution in [3.05, 3.63) is 0 Å². The quantitative estimate of drug-likeness (QED) is 0.667. The molecule has 1 saturated heterocycles. The highest BCUT2D eigenvalue weighted by Gasteiger charge is 2.35. The number of hydrogen-bond acceptors (Lipinski definition) is 4. The third-order valence-corrected chi connectivity index (χ3v) is 3.12. The van der Waals surface area contributed by atoms with Crippen molar-refractivity contribution in [2.24, 2.45) is 0 Å². The first kappa shape index (κ1) is 13.0. The van der Waals surface area contributed by atoms with Crippen LogP contribution in [0, 0.1) is 11.3 Å². The average Bonchev–Trinajstić information content (AvgIpc) is 2.75. The summed E-state index contributed by atoms with van der Waals surface area (Å²) in [6.07, 6.45) is 3.28. The molecule has 4 heteroatoms. The second kappa shape index (κ2) is 6.49. The minimum absolute atomic E-state index is 0.127. The number of esters is 1. The van der Waals surface area contributed by atoms with Crippen LogP contribution in [-0.4, -0.2) is 36.1 Å². The summed E-state index contributed by atoms with van der Waals surface area (Å²) in [4.78, 5) is 13.9. The molecular weight excluding hydrogens is 204 g/mol. The zero-order chi connectivity index (χ0) is 12.0. The van der Waals surface area contributed by atoms with Gasteiger partial charge in [-0.15, -0.1) is 0 Å². The molecular formula is C12H20N2O2. The molecule has 0 amide bonds. The number of carbonyl (C=O) groups excluding carboxylic acids is 1. The Kier molecular flexibility index (Phi) is 5.27. The van der Waals surface area contributed by atoms with E-state index in [-0.39, 0.29) is 18.1 Å². The van der Waals surface area contributed by atoms with E-state index >= 15 is 0 Å². The van der Waals surface area contributed by atoms with E-state index in [9.17, 15) is 4.79 Å². The standard InChI is InChI=1S/C12H20N2O2/c1-3-10(7-8-13)14-9-5-6-11(14)12(15)16-4-2/h10-11H,3-7,9H2,1-2H3. The lowest BCUT2D eigenvalue weighted by atomic mass is 10.1. The molecule has 2 unspecified atom stereocenters. The minimum atomic E-state index is -0.128. The SMILES string of the molecule is CCOC(=O)C1CCCN1C(CC)CC#N. The van der Waals surface area contributed by atoms with Crippen LogP contribution in [0.4, 0.5) is 0 Å². The van der Waals surface area contributed by atoms with Crippen LogP contribution in [0.25, 0.3) is 0 Å². The van der Waals surface area contributed by atoms with Gasteiger partial charge in [0.2, 0.25) is 0 Å². The Balaban J connectivity index is 2.63. The van der Waals surface area contributed by atoms with Crippen LogP contribution in [0.1, 0.15) is 39.5 Å². The topological polar surface area (TPSA) is 53.3 Å². The Morgan fingerprint density at radius 3 is 2.94 bits per heavy atom. The lowest BCUT2D eigenvalue weighted by Crippen LogP contribution is -2.43. The van der Waals surface area contributed by atoms with Crippen LogP contribution in [-0.2, 0) is 9.53 Å². The van der Waals surface area contributed by atoms with Crippen molar-refractivity contribution in [1.82, 2.24) is 4.90 Å². The van der Waals surface area contributed by atoms with Gasteiger partial charge in [-0.05, 0) is 32.7 Å². The molecule has 1 heterocycles. The van der Waals surface area contributed by atoms with E-state index in [4.69, 9.17) is 10.00 Å². The van der Waals surface area contributed by atoms with Crippen molar-refractivity contribution in [3.8, 4) is 6.07 Å². The van der Waals surface area contributed by atoms with E-state index < -0.39 is 0 Å². The molecule has 90 valence electrons. The largest absolute Gasteiger partial charge is 0.465 e. The van der Waals surface area contributed by atoms with E-state index in [2.05, 4.69) is 17.9 Å². The Labute approximate surface area is 97.2 Å². The molecule has 0 N–H and O–H groups in total. The molecule has 0 aromatic carbocycles. The van der Waals surface area contributed by atoms with Gasteiger partial charge >= 0.3 is 5.97 Å². The maximum absolute atomic E-state index is 11.7. The molecule has 2 atom stereocenters. The first-order valence-electron chi connectivity index (χ1n) is 6.03. The summed E-state index contributed by atoms with van der Waals surface area (Å²) in [5.74, 6) is -0.128. The third-order valence-electron chi connectivity index (χ3n) is 3.12. The first-order chi connectivity index (χ1) is 7.74. The predicted molar refractivity (Wildman–Crippen MR) is 60.7 cm³/mol. The molecule has 0 radical (unpaired) electrons. The van der Waals surface area contributed by atoms with E-state index in [0.717, 1.165) is 25.8 Å². The fourth-order valence-corrected chi connectivity index (χ4v) is 2.32. The lowest BCUT2D eigenvalue weighted by Gasteiger charge is -2.29. The van der Waals surface area contributed by atoms with E-state index in [1.807, 2.05) is 6.92 Å². The van der Waals surface area contributed by atoms with Gasteiger partial charge in [0.15, 0.2) is 0 Å². The number of ether oxygens (including phenoxy) is 1. The second-order valence-electron chi connectivity index (χ2n) is 4.07. The summed E-state index contributed by atoms with van der Waals surface area (Å²) in [5, 5.41) is 8.76. The molecule has 1 rings (SSSR count).